The van der Waals surface area contributed by atoms with E-state index in [0.29, 0.717) is 64.1 Å². The molecule has 1 aromatic carbocycles. The number of halogens is 1. The second kappa shape index (κ2) is 8.14. The zero-order valence-corrected chi connectivity index (χ0v) is 14.9. The molecule has 0 bridgehead atoms. The minimum absolute atomic E-state index is 0.0140. The van der Waals surface area contributed by atoms with E-state index in [4.69, 9.17) is 10.5 Å². The molecule has 0 aromatic heterocycles. The van der Waals surface area contributed by atoms with Gasteiger partial charge in [-0.25, -0.2) is 4.39 Å². The van der Waals surface area contributed by atoms with Crippen molar-refractivity contribution in [3.8, 4) is 0 Å². The fourth-order valence-electron chi connectivity index (χ4n) is 3.70. The van der Waals surface area contributed by atoms with Crippen molar-refractivity contribution in [1.29, 1.82) is 0 Å². The van der Waals surface area contributed by atoms with Crippen LogP contribution >= 0.6 is 0 Å². The third-order valence-electron chi connectivity index (χ3n) is 5.52. The summed E-state index contributed by atoms with van der Waals surface area (Å²) in [4.78, 5) is 27.1. The van der Waals surface area contributed by atoms with Gasteiger partial charge in [-0.05, 0) is 49.9 Å². The van der Waals surface area contributed by atoms with Crippen LogP contribution in [0, 0.1) is 11.2 Å². The number of rotatable bonds is 4. The van der Waals surface area contributed by atoms with Crippen molar-refractivity contribution in [2.45, 2.75) is 31.7 Å². The first kappa shape index (κ1) is 18.8. The molecule has 0 saturated carbocycles. The third-order valence-corrected chi connectivity index (χ3v) is 5.52. The van der Waals surface area contributed by atoms with Crippen LogP contribution in [0.1, 0.15) is 36.0 Å². The second-order valence-electron chi connectivity index (χ2n) is 7.14. The summed E-state index contributed by atoms with van der Waals surface area (Å²) in [6.07, 6.45) is 2.75. The van der Waals surface area contributed by atoms with E-state index in [1.54, 1.807) is 0 Å². The van der Waals surface area contributed by atoms with Gasteiger partial charge >= 0.3 is 0 Å². The molecule has 7 heteroatoms. The number of ether oxygens (including phenoxy) is 1. The molecule has 0 spiro atoms. The van der Waals surface area contributed by atoms with Crippen molar-refractivity contribution < 1.29 is 18.7 Å². The molecule has 2 heterocycles. The smallest absolute Gasteiger partial charge is 0.251 e. The summed E-state index contributed by atoms with van der Waals surface area (Å²) in [5, 5.41) is 2.97. The van der Waals surface area contributed by atoms with E-state index < -0.39 is 5.41 Å². The Labute approximate surface area is 152 Å². The Hall–Kier alpha value is -1.99. The van der Waals surface area contributed by atoms with Crippen LogP contribution in [0.15, 0.2) is 24.3 Å². The summed E-state index contributed by atoms with van der Waals surface area (Å²) in [6.45, 7) is 2.71. The molecule has 142 valence electrons. The van der Waals surface area contributed by atoms with Crippen LogP contribution in [0.3, 0.4) is 0 Å². The first-order chi connectivity index (χ1) is 12.5. The van der Waals surface area contributed by atoms with Gasteiger partial charge < -0.3 is 20.7 Å². The molecule has 2 fully saturated rings. The molecule has 0 radical (unpaired) electrons. The quantitative estimate of drug-likeness (QED) is 0.845. The number of carbonyl (C=O) groups is 2. The number of hydrogen-bond donors (Lipinski definition) is 2. The Kier molecular flexibility index (Phi) is 5.88. The van der Waals surface area contributed by atoms with E-state index in [1.165, 1.54) is 24.3 Å². The summed E-state index contributed by atoms with van der Waals surface area (Å²) < 4.78 is 18.3. The van der Waals surface area contributed by atoms with Crippen molar-refractivity contribution in [1.82, 2.24) is 10.2 Å². The van der Waals surface area contributed by atoms with Crippen molar-refractivity contribution in [2.24, 2.45) is 11.1 Å². The molecule has 0 atom stereocenters. The molecule has 1 aromatic rings. The average Bonchev–Trinajstić information content (AvgIpc) is 2.69. The number of benzene rings is 1. The topological polar surface area (TPSA) is 84.7 Å². The maximum absolute atomic E-state index is 13.0. The maximum atomic E-state index is 13.0. The highest BCUT2D eigenvalue weighted by Gasteiger charge is 2.42. The van der Waals surface area contributed by atoms with Gasteiger partial charge in [0.25, 0.3) is 5.91 Å². The number of nitrogens with zero attached hydrogens (tertiary/aromatic N) is 1. The number of nitrogens with two attached hydrogens (primary N) is 1. The number of amides is 2. The maximum Gasteiger partial charge on any atom is 0.251 e. The molecule has 2 aliphatic heterocycles. The largest absolute Gasteiger partial charge is 0.381 e. The van der Waals surface area contributed by atoms with Gasteiger partial charge in [0.05, 0.1) is 5.41 Å². The Morgan fingerprint density at radius 3 is 2.38 bits per heavy atom. The molecule has 0 unspecified atom stereocenters. The molecule has 0 aliphatic carbocycles. The lowest BCUT2D eigenvalue weighted by Gasteiger charge is -2.41. The minimum Gasteiger partial charge on any atom is -0.381 e. The van der Waals surface area contributed by atoms with Crippen molar-refractivity contribution >= 4 is 11.8 Å². The Morgan fingerprint density at radius 1 is 1.19 bits per heavy atom. The van der Waals surface area contributed by atoms with Gasteiger partial charge in [-0.3, -0.25) is 9.59 Å². The van der Waals surface area contributed by atoms with Gasteiger partial charge in [0.1, 0.15) is 5.82 Å². The normalized spacial score (nSPS) is 20.6. The van der Waals surface area contributed by atoms with Crippen molar-refractivity contribution in [3.63, 3.8) is 0 Å². The lowest BCUT2D eigenvalue weighted by atomic mass is 9.78. The summed E-state index contributed by atoms with van der Waals surface area (Å²) in [5.41, 5.74) is 5.87. The van der Waals surface area contributed by atoms with E-state index in [2.05, 4.69) is 5.32 Å². The summed E-state index contributed by atoms with van der Waals surface area (Å²) in [5.74, 6) is -0.459. The number of nitrogens with one attached hydrogen (secondary N) is 1. The van der Waals surface area contributed by atoms with Gasteiger partial charge in [-0.15, -0.1) is 0 Å². The number of piperidine rings is 1. The molecule has 2 aliphatic rings. The van der Waals surface area contributed by atoms with E-state index in [1.807, 2.05) is 4.90 Å². The molecular weight excluding hydrogens is 337 g/mol. The van der Waals surface area contributed by atoms with E-state index in [0.717, 1.165) is 0 Å². The monoisotopic (exact) mass is 363 g/mol. The highest BCUT2D eigenvalue weighted by Crippen LogP contribution is 2.32. The molecular formula is C19H26FN3O3. The highest BCUT2D eigenvalue weighted by molar-refractivity contribution is 5.94. The van der Waals surface area contributed by atoms with E-state index in [-0.39, 0.29) is 23.7 Å². The van der Waals surface area contributed by atoms with Crippen molar-refractivity contribution in [2.75, 3.05) is 32.8 Å². The Morgan fingerprint density at radius 2 is 1.81 bits per heavy atom. The first-order valence-corrected chi connectivity index (χ1v) is 9.18. The fourth-order valence-corrected chi connectivity index (χ4v) is 3.70. The SMILES string of the molecule is NCC1(C(=O)N2CCC(NC(=O)c3ccc(F)cc3)CC2)CCOCC1. The fraction of sp³-hybridized carbons (Fsp3) is 0.579. The van der Waals surface area contributed by atoms with Gasteiger partial charge in [0, 0.05) is 44.5 Å². The predicted octanol–water partition coefficient (Wildman–Crippen LogP) is 1.30. The third kappa shape index (κ3) is 4.04. The van der Waals surface area contributed by atoms with Gasteiger partial charge in [0.2, 0.25) is 5.91 Å². The summed E-state index contributed by atoms with van der Waals surface area (Å²) in [6, 6.07) is 5.51. The van der Waals surface area contributed by atoms with Gasteiger partial charge in [-0.1, -0.05) is 0 Å². The van der Waals surface area contributed by atoms with Crippen LogP contribution < -0.4 is 11.1 Å². The molecule has 6 nitrogen and oxygen atoms in total. The Balaban J connectivity index is 1.53. The van der Waals surface area contributed by atoms with Gasteiger partial charge in [-0.2, -0.15) is 0 Å². The minimum atomic E-state index is -0.498. The number of likely N-dealkylation sites (tertiary alicyclic amines) is 1. The van der Waals surface area contributed by atoms with Crippen molar-refractivity contribution in [3.05, 3.63) is 35.6 Å². The van der Waals surface area contributed by atoms with Gasteiger partial charge in [0.15, 0.2) is 0 Å². The zero-order chi connectivity index (χ0) is 18.6. The van der Waals surface area contributed by atoms with Crippen LogP contribution in [-0.4, -0.2) is 55.6 Å². The van der Waals surface area contributed by atoms with E-state index >= 15 is 0 Å². The van der Waals surface area contributed by atoms with Crippen LogP contribution in [-0.2, 0) is 9.53 Å². The van der Waals surface area contributed by atoms with E-state index in [9.17, 15) is 14.0 Å². The molecule has 3 rings (SSSR count). The highest BCUT2D eigenvalue weighted by atomic mass is 19.1. The predicted molar refractivity (Wildman–Crippen MR) is 95.0 cm³/mol. The first-order valence-electron chi connectivity index (χ1n) is 9.18. The molecule has 3 N–H and O–H groups in total. The van der Waals surface area contributed by atoms with Crippen LogP contribution in [0.4, 0.5) is 4.39 Å². The van der Waals surface area contributed by atoms with Crippen LogP contribution in [0.25, 0.3) is 0 Å². The zero-order valence-electron chi connectivity index (χ0n) is 14.9. The molecule has 2 saturated heterocycles. The summed E-state index contributed by atoms with van der Waals surface area (Å²) >= 11 is 0. The lowest BCUT2D eigenvalue weighted by Crippen LogP contribution is -2.54. The van der Waals surface area contributed by atoms with Crippen LogP contribution in [0.5, 0.6) is 0 Å². The molecule has 26 heavy (non-hydrogen) atoms. The standard InChI is InChI=1S/C19H26FN3O3/c20-15-3-1-14(2-4-15)17(24)22-16-5-9-23(10-6-16)18(25)19(13-21)7-11-26-12-8-19/h1-4,16H,5-13,21H2,(H,22,24). The Bertz CT molecular complexity index is 636. The average molecular weight is 363 g/mol. The number of carbonyl (C=O) groups excluding carboxylic acids is 2. The number of hydrogen-bond acceptors (Lipinski definition) is 4. The molecule has 2 amide bonds. The van der Waals surface area contributed by atoms with Crippen LogP contribution in [0.2, 0.25) is 0 Å². The lowest BCUT2D eigenvalue weighted by molar-refractivity contribution is -0.148. The second-order valence-corrected chi connectivity index (χ2v) is 7.14. The summed E-state index contributed by atoms with van der Waals surface area (Å²) in [7, 11) is 0.